The molecule has 0 radical (unpaired) electrons. The van der Waals surface area contributed by atoms with Gasteiger partial charge in [0.2, 0.25) is 0 Å². The van der Waals surface area contributed by atoms with Crippen LogP contribution in [-0.2, 0) is 0 Å². The Bertz CT molecular complexity index is 366. The maximum absolute atomic E-state index is 13.4. The zero-order valence-electron chi connectivity index (χ0n) is 8.58. The summed E-state index contributed by atoms with van der Waals surface area (Å²) in [6.45, 7) is 3.58. The lowest BCUT2D eigenvalue weighted by atomic mass is 10.2. The first kappa shape index (κ1) is 11.5. The molecular weight excluding hydrogens is 199 g/mol. The minimum Gasteiger partial charge on any atom is -0.488 e. The van der Waals surface area contributed by atoms with Gasteiger partial charge in [0.05, 0.1) is 6.10 Å². The van der Waals surface area contributed by atoms with E-state index in [0.717, 1.165) is 6.07 Å². The summed E-state index contributed by atoms with van der Waals surface area (Å²) in [6, 6.07) is 3.93. The molecule has 0 saturated heterocycles. The van der Waals surface area contributed by atoms with Gasteiger partial charge in [0.15, 0.2) is 11.6 Å². The average Bonchev–Trinajstić information content (AvgIpc) is 2.19. The Balaban J connectivity index is 2.93. The van der Waals surface area contributed by atoms with Crippen LogP contribution in [0.25, 0.3) is 0 Å². The number of hydrazine groups is 1. The third-order valence-corrected chi connectivity index (χ3v) is 1.69. The highest BCUT2D eigenvalue weighted by molar-refractivity contribution is 5.93. The molecule has 0 spiro atoms. The Morgan fingerprint density at radius 2 is 2.20 bits per heavy atom. The van der Waals surface area contributed by atoms with Crippen molar-refractivity contribution in [1.29, 1.82) is 0 Å². The molecular formula is C10H13FN2O2. The summed E-state index contributed by atoms with van der Waals surface area (Å²) >= 11 is 0. The van der Waals surface area contributed by atoms with E-state index in [1.165, 1.54) is 12.1 Å². The fourth-order valence-corrected chi connectivity index (χ4v) is 1.07. The maximum Gasteiger partial charge on any atom is 0.265 e. The van der Waals surface area contributed by atoms with Gasteiger partial charge < -0.3 is 4.74 Å². The Morgan fingerprint density at radius 1 is 1.53 bits per heavy atom. The second-order valence-electron chi connectivity index (χ2n) is 3.29. The molecule has 0 fully saturated rings. The quantitative estimate of drug-likeness (QED) is 0.449. The number of amides is 1. The van der Waals surface area contributed by atoms with Gasteiger partial charge in [0.25, 0.3) is 5.91 Å². The number of halogens is 1. The van der Waals surface area contributed by atoms with Crippen LogP contribution in [0.4, 0.5) is 4.39 Å². The molecule has 1 aromatic carbocycles. The van der Waals surface area contributed by atoms with Crippen LogP contribution in [0.1, 0.15) is 24.2 Å². The molecule has 0 atom stereocenters. The van der Waals surface area contributed by atoms with Crippen molar-refractivity contribution in [2.45, 2.75) is 20.0 Å². The topological polar surface area (TPSA) is 64.3 Å². The summed E-state index contributed by atoms with van der Waals surface area (Å²) in [5.74, 6) is 3.93. The predicted octanol–water partition coefficient (Wildman–Crippen LogP) is 1.22. The van der Waals surface area contributed by atoms with Crippen molar-refractivity contribution in [2.75, 3.05) is 0 Å². The standard InChI is InChI=1S/C10H13FN2O2/c1-6(2)15-9-4-3-7(5-8(9)11)10(14)13-12/h3-6H,12H2,1-2H3,(H,13,14). The van der Waals surface area contributed by atoms with E-state index in [1.807, 2.05) is 5.43 Å². The molecule has 0 aromatic heterocycles. The summed E-state index contributed by atoms with van der Waals surface area (Å²) < 4.78 is 18.5. The van der Waals surface area contributed by atoms with E-state index in [4.69, 9.17) is 10.6 Å². The zero-order valence-corrected chi connectivity index (χ0v) is 8.58. The third-order valence-electron chi connectivity index (χ3n) is 1.69. The van der Waals surface area contributed by atoms with Crippen molar-refractivity contribution in [2.24, 2.45) is 5.84 Å². The van der Waals surface area contributed by atoms with Crippen molar-refractivity contribution in [1.82, 2.24) is 5.43 Å². The van der Waals surface area contributed by atoms with Crippen molar-refractivity contribution in [3.05, 3.63) is 29.6 Å². The lowest BCUT2D eigenvalue weighted by Gasteiger charge is -2.10. The Morgan fingerprint density at radius 3 is 2.67 bits per heavy atom. The van der Waals surface area contributed by atoms with E-state index in [0.29, 0.717) is 0 Å². The molecule has 0 unspecified atom stereocenters. The van der Waals surface area contributed by atoms with E-state index in [9.17, 15) is 9.18 Å². The molecule has 5 heteroatoms. The number of benzene rings is 1. The summed E-state index contributed by atoms with van der Waals surface area (Å²) in [6.07, 6.45) is -0.117. The Kier molecular flexibility index (Phi) is 3.62. The highest BCUT2D eigenvalue weighted by Crippen LogP contribution is 2.19. The number of carbonyl (C=O) groups is 1. The molecule has 1 amide bonds. The van der Waals surface area contributed by atoms with E-state index in [2.05, 4.69) is 0 Å². The van der Waals surface area contributed by atoms with E-state index in [-0.39, 0.29) is 17.4 Å². The number of ether oxygens (including phenoxy) is 1. The summed E-state index contributed by atoms with van der Waals surface area (Å²) in [7, 11) is 0. The highest BCUT2D eigenvalue weighted by Gasteiger charge is 2.10. The smallest absolute Gasteiger partial charge is 0.265 e. The van der Waals surface area contributed by atoms with Crippen molar-refractivity contribution in [3.63, 3.8) is 0 Å². The van der Waals surface area contributed by atoms with E-state index < -0.39 is 11.7 Å². The largest absolute Gasteiger partial charge is 0.488 e. The monoisotopic (exact) mass is 212 g/mol. The molecule has 0 bridgehead atoms. The van der Waals surface area contributed by atoms with Crippen LogP contribution in [0.15, 0.2) is 18.2 Å². The van der Waals surface area contributed by atoms with Gasteiger partial charge in [-0.15, -0.1) is 0 Å². The lowest BCUT2D eigenvalue weighted by Crippen LogP contribution is -2.30. The fraction of sp³-hybridized carbons (Fsp3) is 0.300. The SMILES string of the molecule is CC(C)Oc1ccc(C(=O)NN)cc1F. The molecule has 1 aromatic rings. The van der Waals surface area contributed by atoms with Gasteiger partial charge in [0, 0.05) is 5.56 Å². The van der Waals surface area contributed by atoms with Crippen molar-refractivity contribution < 1.29 is 13.9 Å². The normalized spacial score (nSPS) is 10.2. The molecule has 15 heavy (non-hydrogen) atoms. The summed E-state index contributed by atoms with van der Waals surface area (Å²) in [5, 5.41) is 0. The van der Waals surface area contributed by atoms with Gasteiger partial charge in [-0.3, -0.25) is 10.2 Å². The average molecular weight is 212 g/mol. The Labute approximate surface area is 87.2 Å². The van der Waals surface area contributed by atoms with Gasteiger partial charge in [-0.25, -0.2) is 10.2 Å². The minimum atomic E-state index is -0.579. The van der Waals surface area contributed by atoms with Gasteiger partial charge in [-0.2, -0.15) is 0 Å². The van der Waals surface area contributed by atoms with Gasteiger partial charge in [-0.1, -0.05) is 0 Å². The maximum atomic E-state index is 13.4. The number of hydrogen-bond acceptors (Lipinski definition) is 3. The van der Waals surface area contributed by atoms with Gasteiger partial charge >= 0.3 is 0 Å². The number of carbonyl (C=O) groups excluding carboxylic acids is 1. The van der Waals surface area contributed by atoms with Crippen molar-refractivity contribution in [3.8, 4) is 5.75 Å². The molecule has 4 nitrogen and oxygen atoms in total. The fourth-order valence-electron chi connectivity index (χ4n) is 1.07. The second kappa shape index (κ2) is 4.75. The number of nitrogens with two attached hydrogens (primary N) is 1. The van der Waals surface area contributed by atoms with Crippen LogP contribution < -0.4 is 16.0 Å². The zero-order chi connectivity index (χ0) is 11.4. The van der Waals surface area contributed by atoms with Crippen LogP contribution in [0.3, 0.4) is 0 Å². The molecule has 0 aliphatic heterocycles. The number of hydrogen-bond donors (Lipinski definition) is 2. The number of rotatable bonds is 3. The molecule has 0 aliphatic carbocycles. The van der Waals surface area contributed by atoms with Crippen LogP contribution in [0.5, 0.6) is 5.75 Å². The first-order chi connectivity index (χ1) is 7.04. The minimum absolute atomic E-state index is 0.117. The third kappa shape index (κ3) is 2.92. The first-order valence-corrected chi connectivity index (χ1v) is 4.51. The molecule has 0 heterocycles. The Hall–Kier alpha value is -1.62. The van der Waals surface area contributed by atoms with Gasteiger partial charge in [0.1, 0.15) is 0 Å². The molecule has 0 aliphatic rings. The summed E-state index contributed by atoms with van der Waals surface area (Å²) in [5.41, 5.74) is 2.08. The van der Waals surface area contributed by atoms with E-state index >= 15 is 0 Å². The van der Waals surface area contributed by atoms with Crippen LogP contribution in [-0.4, -0.2) is 12.0 Å². The number of nitrogen functional groups attached to an aromatic ring is 1. The van der Waals surface area contributed by atoms with Crippen molar-refractivity contribution >= 4 is 5.91 Å². The highest BCUT2D eigenvalue weighted by atomic mass is 19.1. The second-order valence-corrected chi connectivity index (χ2v) is 3.29. The van der Waals surface area contributed by atoms with Crippen LogP contribution in [0, 0.1) is 5.82 Å². The van der Waals surface area contributed by atoms with Gasteiger partial charge in [-0.05, 0) is 32.0 Å². The van der Waals surface area contributed by atoms with Crippen LogP contribution in [0.2, 0.25) is 0 Å². The molecule has 3 N–H and O–H groups in total. The molecule has 0 saturated carbocycles. The molecule has 1 rings (SSSR count). The number of nitrogens with one attached hydrogen (secondary N) is 1. The molecule has 82 valence electrons. The van der Waals surface area contributed by atoms with E-state index in [1.54, 1.807) is 13.8 Å². The predicted molar refractivity (Wildman–Crippen MR) is 53.8 cm³/mol. The lowest BCUT2D eigenvalue weighted by molar-refractivity contribution is 0.0953. The summed E-state index contributed by atoms with van der Waals surface area (Å²) in [4.78, 5) is 11.1. The first-order valence-electron chi connectivity index (χ1n) is 4.51. The van der Waals surface area contributed by atoms with Crippen LogP contribution >= 0.6 is 0 Å².